The summed E-state index contributed by atoms with van der Waals surface area (Å²) in [5.41, 5.74) is 0.353. The van der Waals surface area contributed by atoms with Gasteiger partial charge < -0.3 is 9.15 Å². The van der Waals surface area contributed by atoms with Gasteiger partial charge in [-0.15, -0.1) is 0 Å². The van der Waals surface area contributed by atoms with E-state index in [1.54, 1.807) is 12.1 Å². The first kappa shape index (κ1) is 12.8. The largest absolute Gasteiger partial charge is 0.453 e. The van der Waals surface area contributed by atoms with E-state index in [-0.39, 0.29) is 11.5 Å². The number of rotatable bonds is 4. The standard InChI is InChI=1S/C12H7BrF2O3/c13-7-1-3-9(11(5-7)18-12(14)15)10-4-2-8(6-16)17-10/h1-6,12H. The van der Waals surface area contributed by atoms with Gasteiger partial charge in [-0.1, -0.05) is 15.9 Å². The highest BCUT2D eigenvalue weighted by Crippen LogP contribution is 2.34. The summed E-state index contributed by atoms with van der Waals surface area (Å²) < 4.78 is 34.8. The first-order chi connectivity index (χ1) is 8.60. The molecule has 0 saturated heterocycles. The fourth-order valence-electron chi connectivity index (χ4n) is 1.45. The highest BCUT2D eigenvalue weighted by atomic mass is 79.9. The fraction of sp³-hybridized carbons (Fsp3) is 0.0833. The van der Waals surface area contributed by atoms with Crippen molar-refractivity contribution in [1.82, 2.24) is 0 Å². The number of carbonyl (C=O) groups is 1. The number of benzene rings is 1. The molecular formula is C12H7BrF2O3. The fourth-order valence-corrected chi connectivity index (χ4v) is 1.79. The van der Waals surface area contributed by atoms with Gasteiger partial charge in [0.15, 0.2) is 12.0 Å². The van der Waals surface area contributed by atoms with Crippen LogP contribution in [-0.2, 0) is 0 Å². The molecule has 1 heterocycles. The van der Waals surface area contributed by atoms with E-state index < -0.39 is 6.61 Å². The number of aldehydes is 1. The summed E-state index contributed by atoms with van der Waals surface area (Å²) in [4.78, 5) is 10.5. The second-order valence-electron chi connectivity index (χ2n) is 3.34. The minimum Gasteiger partial charge on any atom is -0.453 e. The summed E-state index contributed by atoms with van der Waals surface area (Å²) in [6.07, 6.45) is 0.538. The predicted molar refractivity (Wildman–Crippen MR) is 63.9 cm³/mol. The van der Waals surface area contributed by atoms with Crippen LogP contribution >= 0.6 is 15.9 Å². The maximum Gasteiger partial charge on any atom is 0.387 e. The molecule has 0 radical (unpaired) electrons. The molecule has 0 aliphatic rings. The highest BCUT2D eigenvalue weighted by Gasteiger charge is 2.14. The van der Waals surface area contributed by atoms with Gasteiger partial charge in [0, 0.05) is 4.47 Å². The zero-order chi connectivity index (χ0) is 13.1. The minimum atomic E-state index is -2.93. The van der Waals surface area contributed by atoms with E-state index in [0.717, 1.165) is 0 Å². The van der Waals surface area contributed by atoms with Crippen molar-refractivity contribution in [3.05, 3.63) is 40.6 Å². The van der Waals surface area contributed by atoms with Crippen LogP contribution in [0.5, 0.6) is 5.75 Å². The van der Waals surface area contributed by atoms with E-state index in [1.807, 2.05) is 0 Å². The molecule has 0 bridgehead atoms. The summed E-state index contributed by atoms with van der Waals surface area (Å²) in [7, 11) is 0. The number of carbonyl (C=O) groups excluding carboxylic acids is 1. The van der Waals surface area contributed by atoms with Gasteiger partial charge in [0.05, 0.1) is 5.56 Å². The van der Waals surface area contributed by atoms with E-state index >= 15 is 0 Å². The third kappa shape index (κ3) is 2.76. The van der Waals surface area contributed by atoms with Crippen LogP contribution < -0.4 is 4.74 Å². The molecule has 0 fully saturated rings. The molecule has 2 rings (SSSR count). The van der Waals surface area contributed by atoms with Crippen molar-refractivity contribution in [2.24, 2.45) is 0 Å². The van der Waals surface area contributed by atoms with Crippen LogP contribution in [0.4, 0.5) is 8.78 Å². The van der Waals surface area contributed by atoms with Gasteiger partial charge in [0.1, 0.15) is 11.5 Å². The normalized spacial score (nSPS) is 10.7. The summed E-state index contributed by atoms with van der Waals surface area (Å²) in [5.74, 6) is 0.391. The number of hydrogen-bond acceptors (Lipinski definition) is 3. The molecule has 1 aromatic carbocycles. The lowest BCUT2D eigenvalue weighted by Crippen LogP contribution is -2.03. The number of furan rings is 1. The van der Waals surface area contributed by atoms with Gasteiger partial charge in [-0.2, -0.15) is 8.78 Å². The van der Waals surface area contributed by atoms with Crippen molar-refractivity contribution in [3.63, 3.8) is 0 Å². The zero-order valence-electron chi connectivity index (χ0n) is 8.90. The van der Waals surface area contributed by atoms with Gasteiger partial charge >= 0.3 is 6.61 Å². The van der Waals surface area contributed by atoms with Gasteiger partial charge in [-0.3, -0.25) is 4.79 Å². The molecule has 6 heteroatoms. The smallest absolute Gasteiger partial charge is 0.387 e. The first-order valence-electron chi connectivity index (χ1n) is 4.90. The quantitative estimate of drug-likeness (QED) is 0.796. The highest BCUT2D eigenvalue weighted by molar-refractivity contribution is 9.10. The molecule has 2 aromatic rings. The molecule has 0 atom stereocenters. The van der Waals surface area contributed by atoms with Crippen molar-refractivity contribution in [1.29, 1.82) is 0 Å². The Kier molecular flexibility index (Phi) is 3.76. The molecule has 1 aromatic heterocycles. The summed E-state index contributed by atoms with van der Waals surface area (Å²) in [6.45, 7) is -2.93. The molecule has 0 aliphatic heterocycles. The second kappa shape index (κ2) is 5.30. The molecule has 0 amide bonds. The Hall–Kier alpha value is -1.69. The predicted octanol–water partition coefficient (Wildman–Crippen LogP) is 4.12. The molecule has 0 aliphatic carbocycles. The van der Waals surface area contributed by atoms with Crippen molar-refractivity contribution < 1.29 is 22.7 Å². The van der Waals surface area contributed by atoms with Crippen LogP contribution in [-0.4, -0.2) is 12.9 Å². The summed E-state index contributed by atoms with van der Waals surface area (Å²) in [5, 5.41) is 0. The summed E-state index contributed by atoms with van der Waals surface area (Å²) >= 11 is 3.17. The lowest BCUT2D eigenvalue weighted by Gasteiger charge is -2.09. The molecular weight excluding hydrogens is 310 g/mol. The Balaban J connectivity index is 2.45. The van der Waals surface area contributed by atoms with Gasteiger partial charge in [0.25, 0.3) is 0 Å². The number of hydrogen-bond donors (Lipinski definition) is 0. The van der Waals surface area contributed by atoms with E-state index in [2.05, 4.69) is 20.7 Å². The maximum atomic E-state index is 12.3. The zero-order valence-corrected chi connectivity index (χ0v) is 10.5. The van der Waals surface area contributed by atoms with E-state index in [1.165, 1.54) is 18.2 Å². The Bertz CT molecular complexity index is 566. The maximum absolute atomic E-state index is 12.3. The molecule has 3 nitrogen and oxygen atoms in total. The Morgan fingerprint density at radius 3 is 2.67 bits per heavy atom. The second-order valence-corrected chi connectivity index (χ2v) is 4.25. The lowest BCUT2D eigenvalue weighted by atomic mass is 10.1. The molecule has 0 spiro atoms. The Morgan fingerprint density at radius 1 is 1.28 bits per heavy atom. The van der Waals surface area contributed by atoms with Crippen LogP contribution in [0.2, 0.25) is 0 Å². The van der Waals surface area contributed by atoms with Gasteiger partial charge in [-0.25, -0.2) is 0 Å². The van der Waals surface area contributed by atoms with Crippen LogP contribution in [0.1, 0.15) is 10.6 Å². The molecule has 0 saturated carbocycles. The number of ether oxygens (including phenoxy) is 1. The molecule has 0 N–H and O–H groups in total. The lowest BCUT2D eigenvalue weighted by molar-refractivity contribution is -0.0495. The average Bonchev–Trinajstić information content (AvgIpc) is 2.77. The number of halogens is 3. The molecule has 94 valence electrons. The topological polar surface area (TPSA) is 39.4 Å². The molecule has 18 heavy (non-hydrogen) atoms. The van der Waals surface area contributed by atoms with Crippen LogP contribution in [0.25, 0.3) is 11.3 Å². The number of alkyl halides is 2. The van der Waals surface area contributed by atoms with Crippen LogP contribution in [0, 0.1) is 0 Å². The summed E-state index contributed by atoms with van der Waals surface area (Å²) in [6, 6.07) is 7.61. The third-order valence-electron chi connectivity index (χ3n) is 2.17. The third-order valence-corrected chi connectivity index (χ3v) is 2.66. The van der Waals surface area contributed by atoms with Crippen molar-refractivity contribution in [2.75, 3.05) is 0 Å². The van der Waals surface area contributed by atoms with Crippen molar-refractivity contribution in [2.45, 2.75) is 6.61 Å². The van der Waals surface area contributed by atoms with Crippen LogP contribution in [0.3, 0.4) is 0 Å². The van der Waals surface area contributed by atoms with Crippen LogP contribution in [0.15, 0.2) is 39.2 Å². The van der Waals surface area contributed by atoms with Gasteiger partial charge in [0.2, 0.25) is 0 Å². The van der Waals surface area contributed by atoms with E-state index in [0.29, 0.717) is 22.1 Å². The molecule has 0 unspecified atom stereocenters. The SMILES string of the molecule is O=Cc1ccc(-c2ccc(Br)cc2OC(F)F)o1. The van der Waals surface area contributed by atoms with E-state index in [9.17, 15) is 13.6 Å². The van der Waals surface area contributed by atoms with Crippen molar-refractivity contribution in [3.8, 4) is 17.1 Å². The average molecular weight is 317 g/mol. The van der Waals surface area contributed by atoms with Gasteiger partial charge in [-0.05, 0) is 30.3 Å². The van der Waals surface area contributed by atoms with E-state index in [4.69, 9.17) is 4.42 Å². The Morgan fingerprint density at radius 2 is 2.06 bits per heavy atom. The minimum absolute atomic E-state index is 0.0221. The Labute approximate surface area is 109 Å². The van der Waals surface area contributed by atoms with Crippen molar-refractivity contribution >= 4 is 22.2 Å². The monoisotopic (exact) mass is 316 g/mol. The first-order valence-corrected chi connectivity index (χ1v) is 5.69.